The molecular weight excluding hydrogens is 157 g/mol. The largest absolute Gasteiger partial charge is 0.258 e. The zero-order valence-electron chi connectivity index (χ0n) is 4.30. The lowest BCUT2D eigenvalue weighted by Gasteiger charge is -2.15. The topological polar surface area (TPSA) is 0 Å². The Morgan fingerprint density at radius 3 is 2.00 bits per heavy atom. The molecule has 0 nitrogen and oxygen atoms in total. The molecule has 0 rings (SSSR count). The second-order valence-electron chi connectivity index (χ2n) is 1.71. The Kier molecular flexibility index (Phi) is 2.99. The number of halogens is 4. The van der Waals surface area contributed by atoms with E-state index in [1.807, 2.05) is 0 Å². The summed E-state index contributed by atoms with van der Waals surface area (Å²) in [4.78, 5) is -1.55. The summed E-state index contributed by atoms with van der Waals surface area (Å²) in [7, 11) is 0. The van der Waals surface area contributed by atoms with Crippen molar-refractivity contribution in [3.8, 4) is 0 Å². The predicted molar refractivity (Wildman–Crippen MR) is 31.0 cm³/mol. The summed E-state index contributed by atoms with van der Waals surface area (Å²) < 4.78 is 23.2. The van der Waals surface area contributed by atoms with Crippen LogP contribution in [-0.2, 0) is 0 Å². The number of rotatable bonds is 2. The molecule has 1 unspecified atom stereocenters. The fourth-order valence-corrected chi connectivity index (χ4v) is 0.175. The van der Waals surface area contributed by atoms with Crippen LogP contribution in [-0.4, -0.2) is 17.2 Å². The van der Waals surface area contributed by atoms with Crippen LogP contribution in [0.2, 0.25) is 0 Å². The van der Waals surface area contributed by atoms with E-state index in [0.29, 0.717) is 0 Å². The van der Waals surface area contributed by atoms with Crippen LogP contribution in [0.25, 0.3) is 0 Å². The van der Waals surface area contributed by atoms with Gasteiger partial charge in [-0.05, 0) is 6.92 Å². The van der Waals surface area contributed by atoms with E-state index in [9.17, 15) is 8.78 Å². The van der Waals surface area contributed by atoms with Gasteiger partial charge in [0.25, 0.3) is 6.43 Å². The molecule has 0 N–H and O–H groups in total. The summed E-state index contributed by atoms with van der Waals surface area (Å²) >= 11 is 10.2. The highest BCUT2D eigenvalue weighted by Gasteiger charge is 2.30. The van der Waals surface area contributed by atoms with Crippen LogP contribution in [0, 0.1) is 0 Å². The van der Waals surface area contributed by atoms with Gasteiger partial charge in [0.05, 0.1) is 0 Å². The average molecular weight is 163 g/mol. The minimum absolute atomic E-state index is 0.230. The van der Waals surface area contributed by atoms with Gasteiger partial charge in [0, 0.05) is 5.88 Å². The second-order valence-corrected chi connectivity index (χ2v) is 2.84. The molecule has 0 radical (unpaired) electrons. The van der Waals surface area contributed by atoms with E-state index in [1.54, 1.807) is 0 Å². The van der Waals surface area contributed by atoms with Gasteiger partial charge in [-0.2, -0.15) is 0 Å². The van der Waals surface area contributed by atoms with E-state index in [-0.39, 0.29) is 5.88 Å². The van der Waals surface area contributed by atoms with Crippen molar-refractivity contribution in [2.75, 3.05) is 5.88 Å². The zero-order chi connectivity index (χ0) is 6.78. The zero-order valence-corrected chi connectivity index (χ0v) is 5.81. The molecule has 0 aromatic rings. The Morgan fingerprint density at radius 2 is 2.00 bits per heavy atom. The molecule has 50 valence electrons. The van der Waals surface area contributed by atoms with Crippen molar-refractivity contribution in [2.45, 2.75) is 18.2 Å². The smallest absolute Gasteiger partial charge is 0.208 e. The highest BCUT2D eigenvalue weighted by Crippen LogP contribution is 2.24. The van der Waals surface area contributed by atoms with E-state index >= 15 is 0 Å². The van der Waals surface area contributed by atoms with Gasteiger partial charge in [0.15, 0.2) is 0 Å². The monoisotopic (exact) mass is 162 g/mol. The predicted octanol–water partition coefficient (Wildman–Crippen LogP) is 2.49. The average Bonchev–Trinajstić information content (AvgIpc) is 1.67. The van der Waals surface area contributed by atoms with Gasteiger partial charge >= 0.3 is 0 Å². The highest BCUT2D eigenvalue weighted by molar-refractivity contribution is 6.30. The lowest BCUT2D eigenvalue weighted by Crippen LogP contribution is -2.28. The van der Waals surface area contributed by atoms with Crippen molar-refractivity contribution in [2.24, 2.45) is 0 Å². The first-order chi connectivity index (χ1) is 3.50. The Labute approximate surface area is 56.8 Å². The quantitative estimate of drug-likeness (QED) is 0.548. The maximum Gasteiger partial charge on any atom is 0.258 e. The van der Waals surface area contributed by atoms with Crippen LogP contribution < -0.4 is 0 Å². The fraction of sp³-hybridized carbons (Fsp3) is 1.00. The summed E-state index contributed by atoms with van der Waals surface area (Å²) in [6.07, 6.45) is -2.55. The molecule has 4 heteroatoms. The van der Waals surface area contributed by atoms with Crippen molar-refractivity contribution < 1.29 is 8.78 Å². The summed E-state index contributed by atoms with van der Waals surface area (Å²) in [5, 5.41) is 0. The van der Waals surface area contributed by atoms with E-state index in [4.69, 9.17) is 23.2 Å². The lowest BCUT2D eigenvalue weighted by molar-refractivity contribution is 0.111. The molecule has 0 fully saturated rings. The van der Waals surface area contributed by atoms with Gasteiger partial charge in [-0.1, -0.05) is 0 Å². The van der Waals surface area contributed by atoms with E-state index in [2.05, 4.69) is 0 Å². The van der Waals surface area contributed by atoms with Crippen LogP contribution in [0.5, 0.6) is 0 Å². The third kappa shape index (κ3) is 2.14. The van der Waals surface area contributed by atoms with Crippen molar-refractivity contribution in [1.82, 2.24) is 0 Å². The van der Waals surface area contributed by atoms with Gasteiger partial charge in [0.2, 0.25) is 0 Å². The van der Waals surface area contributed by atoms with Crippen molar-refractivity contribution in [1.29, 1.82) is 0 Å². The number of hydrogen-bond donors (Lipinski definition) is 0. The molecule has 0 spiro atoms. The lowest BCUT2D eigenvalue weighted by atomic mass is 10.2. The Bertz CT molecular complexity index is 72.4. The molecule has 0 aliphatic carbocycles. The normalized spacial score (nSPS) is 18.8. The third-order valence-corrected chi connectivity index (χ3v) is 1.71. The molecule has 0 aromatic heterocycles. The molecule has 1 atom stereocenters. The van der Waals surface area contributed by atoms with Crippen LogP contribution in [0.1, 0.15) is 6.92 Å². The molecule has 0 saturated carbocycles. The third-order valence-electron chi connectivity index (χ3n) is 0.716. The summed E-state index contributed by atoms with van der Waals surface area (Å²) in [5.74, 6) is -0.230. The fourth-order valence-electron chi connectivity index (χ4n) is 0.0583. The minimum Gasteiger partial charge on any atom is -0.208 e. The molecule has 0 saturated heterocycles. The van der Waals surface area contributed by atoms with Crippen LogP contribution in [0.3, 0.4) is 0 Å². The first-order valence-electron chi connectivity index (χ1n) is 2.03. The number of hydrogen-bond acceptors (Lipinski definition) is 0. The summed E-state index contributed by atoms with van der Waals surface area (Å²) in [6.45, 7) is 1.20. The standard InChI is InChI=1S/C4H6Cl2F2/c1-4(6,2-5)3(7)8/h3H,2H2,1H3. The molecular formula is C4H6Cl2F2. The molecule has 0 aliphatic rings. The van der Waals surface area contributed by atoms with Gasteiger partial charge in [-0.25, -0.2) is 8.78 Å². The highest BCUT2D eigenvalue weighted by atomic mass is 35.5. The van der Waals surface area contributed by atoms with Crippen molar-refractivity contribution >= 4 is 23.2 Å². The summed E-state index contributed by atoms with van der Waals surface area (Å²) in [6, 6.07) is 0. The maximum absolute atomic E-state index is 11.6. The molecule has 0 amide bonds. The van der Waals surface area contributed by atoms with E-state index in [0.717, 1.165) is 0 Å². The summed E-state index contributed by atoms with van der Waals surface area (Å²) in [5.41, 5.74) is 0. The van der Waals surface area contributed by atoms with Crippen molar-refractivity contribution in [3.05, 3.63) is 0 Å². The minimum atomic E-state index is -2.55. The van der Waals surface area contributed by atoms with Gasteiger partial charge in [0.1, 0.15) is 4.87 Å². The SMILES string of the molecule is CC(Cl)(CCl)C(F)F. The Balaban J connectivity index is 3.71. The molecule has 0 bridgehead atoms. The van der Waals surface area contributed by atoms with Gasteiger partial charge in [-0.15, -0.1) is 23.2 Å². The molecule has 0 aliphatic heterocycles. The maximum atomic E-state index is 11.6. The van der Waals surface area contributed by atoms with E-state index in [1.165, 1.54) is 6.92 Å². The van der Waals surface area contributed by atoms with E-state index < -0.39 is 11.3 Å². The Morgan fingerprint density at radius 1 is 1.62 bits per heavy atom. The first-order valence-corrected chi connectivity index (χ1v) is 2.95. The Hall–Kier alpha value is 0.440. The molecule has 0 heterocycles. The van der Waals surface area contributed by atoms with Crippen LogP contribution in [0.4, 0.5) is 8.78 Å². The first kappa shape index (κ1) is 8.44. The van der Waals surface area contributed by atoms with Crippen molar-refractivity contribution in [3.63, 3.8) is 0 Å². The molecule has 0 aromatic carbocycles. The molecule has 8 heavy (non-hydrogen) atoms. The van der Waals surface area contributed by atoms with Gasteiger partial charge in [-0.3, -0.25) is 0 Å². The number of alkyl halides is 4. The van der Waals surface area contributed by atoms with Gasteiger partial charge < -0.3 is 0 Å². The second kappa shape index (κ2) is 2.83. The van der Waals surface area contributed by atoms with Crippen LogP contribution in [0.15, 0.2) is 0 Å². The van der Waals surface area contributed by atoms with Crippen LogP contribution >= 0.6 is 23.2 Å².